The van der Waals surface area contributed by atoms with Crippen molar-refractivity contribution in [2.24, 2.45) is 0 Å². The average Bonchev–Trinajstić information content (AvgIpc) is 2.14. The zero-order chi connectivity index (χ0) is 10.6. The average molecular weight is 211 g/mol. The molecule has 0 aromatic carbocycles. The van der Waals surface area contributed by atoms with Crippen molar-refractivity contribution in [3.05, 3.63) is 12.7 Å². The van der Waals surface area contributed by atoms with Gasteiger partial charge in [-0.05, 0) is 18.5 Å². The molecule has 80 valence electrons. The molecule has 14 heavy (non-hydrogen) atoms. The van der Waals surface area contributed by atoms with E-state index in [1.165, 1.54) is 12.1 Å². The van der Waals surface area contributed by atoms with Crippen molar-refractivity contribution in [2.45, 2.75) is 38.0 Å². The maximum absolute atomic E-state index is 11.7. The summed E-state index contributed by atoms with van der Waals surface area (Å²) in [5.74, 6) is 0.314. The first-order valence-electron chi connectivity index (χ1n) is 5.44. The second-order valence-corrected chi connectivity index (χ2v) is 10.2. The van der Waals surface area contributed by atoms with Gasteiger partial charge in [0.2, 0.25) is 5.91 Å². The fraction of sp³-hybridized carbons (Fsp3) is 0.727. The molecule has 1 fully saturated rings. The molecule has 1 amide bonds. The molecule has 0 unspecified atom stereocenters. The van der Waals surface area contributed by atoms with Gasteiger partial charge in [0.15, 0.2) is 0 Å². The van der Waals surface area contributed by atoms with Crippen LogP contribution in [-0.4, -0.2) is 32.0 Å². The van der Waals surface area contributed by atoms with Crippen LogP contribution in [0.5, 0.6) is 0 Å². The molecule has 1 saturated heterocycles. The summed E-state index contributed by atoms with van der Waals surface area (Å²) in [7, 11) is -0.923. The zero-order valence-electron chi connectivity index (χ0n) is 9.38. The van der Waals surface area contributed by atoms with Crippen molar-refractivity contribution in [2.75, 3.05) is 13.1 Å². The minimum atomic E-state index is -0.923. The number of nitrogens with zero attached hydrogens (tertiary/aromatic N) is 1. The van der Waals surface area contributed by atoms with Gasteiger partial charge in [-0.2, -0.15) is 0 Å². The first-order valence-corrected chi connectivity index (χ1v) is 8.85. The molecule has 3 heteroatoms. The van der Waals surface area contributed by atoms with Gasteiger partial charge >= 0.3 is 0 Å². The summed E-state index contributed by atoms with van der Waals surface area (Å²) in [6.07, 6.45) is 3.28. The van der Waals surface area contributed by atoms with Crippen molar-refractivity contribution in [1.82, 2.24) is 4.90 Å². The molecule has 0 spiro atoms. The van der Waals surface area contributed by atoms with Gasteiger partial charge in [-0.1, -0.05) is 19.2 Å². The second-order valence-electron chi connectivity index (χ2n) is 4.87. The van der Waals surface area contributed by atoms with Crippen molar-refractivity contribution >= 4 is 14.0 Å². The van der Waals surface area contributed by atoms with E-state index in [2.05, 4.69) is 19.7 Å². The van der Waals surface area contributed by atoms with Gasteiger partial charge in [0, 0.05) is 19.5 Å². The molecule has 1 rings (SSSR count). The lowest BCUT2D eigenvalue weighted by Gasteiger charge is -2.35. The largest absolute Gasteiger partial charge is 0.343 e. The minimum absolute atomic E-state index is 0.314. The van der Waals surface area contributed by atoms with Gasteiger partial charge in [-0.15, -0.1) is 6.58 Å². The van der Waals surface area contributed by atoms with Crippen LogP contribution in [0.15, 0.2) is 12.7 Å². The van der Waals surface area contributed by atoms with Gasteiger partial charge in [-0.25, -0.2) is 0 Å². The van der Waals surface area contributed by atoms with Crippen LogP contribution < -0.4 is 0 Å². The molecule has 0 bridgehead atoms. The number of rotatable bonds is 3. The van der Waals surface area contributed by atoms with Crippen LogP contribution >= 0.6 is 0 Å². The number of carbonyl (C=O) groups excluding carboxylic acids is 1. The number of amides is 1. The van der Waals surface area contributed by atoms with E-state index in [0.29, 0.717) is 12.3 Å². The van der Waals surface area contributed by atoms with Gasteiger partial charge in [0.25, 0.3) is 0 Å². The van der Waals surface area contributed by atoms with E-state index in [4.69, 9.17) is 0 Å². The van der Waals surface area contributed by atoms with E-state index in [-0.39, 0.29) is 0 Å². The number of hydrogen-bond donors (Lipinski definition) is 0. The minimum Gasteiger partial charge on any atom is -0.343 e. The van der Waals surface area contributed by atoms with Gasteiger partial charge in [0.05, 0.1) is 8.07 Å². The molecule has 1 heterocycles. The Morgan fingerprint density at radius 2 is 2.00 bits per heavy atom. The van der Waals surface area contributed by atoms with Crippen LogP contribution in [0.4, 0.5) is 0 Å². The third-order valence-corrected chi connectivity index (χ3v) is 6.19. The van der Waals surface area contributed by atoms with Crippen molar-refractivity contribution < 1.29 is 4.79 Å². The molecule has 2 nitrogen and oxygen atoms in total. The van der Waals surface area contributed by atoms with Crippen molar-refractivity contribution in [3.8, 4) is 0 Å². The van der Waals surface area contributed by atoms with Gasteiger partial charge in [0.1, 0.15) is 0 Å². The molecule has 0 N–H and O–H groups in total. The highest BCUT2D eigenvalue weighted by Gasteiger charge is 2.28. The molecular formula is C11H21NOSi. The Morgan fingerprint density at radius 1 is 1.43 bits per heavy atom. The quantitative estimate of drug-likeness (QED) is 0.519. The van der Waals surface area contributed by atoms with Crippen LogP contribution in [-0.2, 0) is 4.79 Å². The Kier molecular flexibility index (Phi) is 3.93. The van der Waals surface area contributed by atoms with Crippen molar-refractivity contribution in [1.29, 1.82) is 0 Å². The highest BCUT2D eigenvalue weighted by molar-refractivity contribution is 6.77. The summed E-state index contributed by atoms with van der Waals surface area (Å²) >= 11 is 0. The Morgan fingerprint density at radius 3 is 2.50 bits per heavy atom. The van der Waals surface area contributed by atoms with Crippen LogP contribution in [0, 0.1) is 0 Å². The molecule has 1 aliphatic heterocycles. The molecule has 0 aliphatic carbocycles. The van der Waals surface area contributed by atoms with E-state index in [1.807, 2.05) is 11.0 Å². The topological polar surface area (TPSA) is 20.3 Å². The first-order chi connectivity index (χ1) is 6.55. The maximum Gasteiger partial charge on any atom is 0.222 e. The molecular weight excluding hydrogens is 190 g/mol. The monoisotopic (exact) mass is 211 g/mol. The summed E-state index contributed by atoms with van der Waals surface area (Å²) in [4.78, 5) is 13.7. The SMILES string of the molecule is C=CCCC(=O)N1CC[Si](C)(C)CC1. The molecule has 1 aliphatic rings. The Balaban J connectivity index is 2.34. The predicted octanol–water partition coefficient (Wildman–Crippen LogP) is 2.50. The maximum atomic E-state index is 11.7. The fourth-order valence-corrected chi connectivity index (χ4v) is 3.75. The number of hydrogen-bond acceptors (Lipinski definition) is 1. The molecule has 0 radical (unpaired) electrons. The van der Waals surface area contributed by atoms with Crippen LogP contribution in [0.1, 0.15) is 12.8 Å². The van der Waals surface area contributed by atoms with E-state index < -0.39 is 8.07 Å². The van der Waals surface area contributed by atoms with Crippen LogP contribution in [0.3, 0.4) is 0 Å². The summed E-state index contributed by atoms with van der Waals surface area (Å²) in [6.45, 7) is 10.5. The lowest BCUT2D eigenvalue weighted by Crippen LogP contribution is -2.45. The summed E-state index contributed by atoms with van der Waals surface area (Å²) in [5, 5.41) is 0. The van der Waals surface area contributed by atoms with E-state index in [0.717, 1.165) is 19.5 Å². The first kappa shape index (κ1) is 11.5. The highest BCUT2D eigenvalue weighted by atomic mass is 28.3. The second kappa shape index (κ2) is 4.78. The standard InChI is InChI=1S/C11H21NOSi/c1-4-5-6-11(13)12-7-9-14(2,3)10-8-12/h4H,1,5-10H2,2-3H3. The zero-order valence-corrected chi connectivity index (χ0v) is 10.4. The van der Waals surface area contributed by atoms with Gasteiger partial charge < -0.3 is 4.90 Å². The lowest BCUT2D eigenvalue weighted by atomic mass is 10.2. The summed E-state index contributed by atoms with van der Waals surface area (Å²) < 4.78 is 0. The van der Waals surface area contributed by atoms with Crippen LogP contribution in [0.25, 0.3) is 0 Å². The Hall–Kier alpha value is -0.573. The summed E-state index contributed by atoms with van der Waals surface area (Å²) in [5.41, 5.74) is 0. The van der Waals surface area contributed by atoms with Crippen molar-refractivity contribution in [3.63, 3.8) is 0 Å². The third kappa shape index (κ3) is 3.29. The molecule has 0 saturated carbocycles. The lowest BCUT2D eigenvalue weighted by molar-refractivity contribution is -0.130. The summed E-state index contributed by atoms with van der Waals surface area (Å²) in [6, 6.07) is 2.54. The van der Waals surface area contributed by atoms with E-state index in [1.54, 1.807) is 0 Å². The Bertz CT molecular complexity index is 215. The number of allylic oxidation sites excluding steroid dienone is 1. The van der Waals surface area contributed by atoms with E-state index >= 15 is 0 Å². The Labute approximate surface area is 88.0 Å². The fourth-order valence-electron chi connectivity index (χ4n) is 1.75. The highest BCUT2D eigenvalue weighted by Crippen LogP contribution is 2.22. The van der Waals surface area contributed by atoms with E-state index in [9.17, 15) is 4.79 Å². The van der Waals surface area contributed by atoms with Crippen LogP contribution in [0.2, 0.25) is 25.2 Å². The predicted molar refractivity (Wildman–Crippen MR) is 63.1 cm³/mol. The molecule has 0 atom stereocenters. The molecule has 0 aromatic rings. The number of carbonyl (C=O) groups is 1. The van der Waals surface area contributed by atoms with Gasteiger partial charge in [-0.3, -0.25) is 4.79 Å². The third-order valence-electron chi connectivity index (χ3n) is 3.03. The normalized spacial score (nSPS) is 20.6. The smallest absolute Gasteiger partial charge is 0.222 e. The molecule has 0 aromatic heterocycles.